The Morgan fingerprint density at radius 2 is 2.24 bits per heavy atom. The molecule has 2 aromatic rings. The Labute approximate surface area is 128 Å². The maximum absolute atomic E-state index is 12.2. The van der Waals surface area contributed by atoms with Crippen LogP contribution < -0.4 is 15.8 Å². The van der Waals surface area contributed by atoms with Crippen molar-refractivity contribution >= 4 is 28.8 Å². The topological polar surface area (TPSA) is 77.5 Å². The molecule has 0 atom stereocenters. The van der Waals surface area contributed by atoms with E-state index in [4.69, 9.17) is 27.1 Å². The summed E-state index contributed by atoms with van der Waals surface area (Å²) >= 11 is 4.75. The first-order valence-electron chi connectivity index (χ1n) is 6.49. The zero-order valence-electron chi connectivity index (χ0n) is 11.6. The number of rotatable bonds is 6. The van der Waals surface area contributed by atoms with Crippen LogP contribution in [-0.2, 0) is 6.42 Å². The second-order valence-corrected chi connectivity index (χ2v) is 4.87. The van der Waals surface area contributed by atoms with Gasteiger partial charge < -0.3 is 20.2 Å². The fourth-order valence-electron chi connectivity index (χ4n) is 1.83. The second kappa shape index (κ2) is 6.90. The van der Waals surface area contributed by atoms with Crippen LogP contribution >= 0.6 is 12.2 Å². The Morgan fingerprint density at radius 1 is 1.43 bits per heavy atom. The lowest BCUT2D eigenvalue weighted by Crippen LogP contribution is -2.18. The number of carbonyl (C=O) groups is 1. The lowest BCUT2D eigenvalue weighted by atomic mass is 10.2. The Kier molecular flexibility index (Phi) is 4.94. The minimum absolute atomic E-state index is 0.161. The molecule has 0 aliphatic rings. The van der Waals surface area contributed by atoms with E-state index >= 15 is 0 Å². The molecule has 0 radical (unpaired) electrons. The first kappa shape index (κ1) is 15.1. The highest BCUT2D eigenvalue weighted by molar-refractivity contribution is 7.80. The molecule has 0 spiro atoms. The summed E-state index contributed by atoms with van der Waals surface area (Å²) in [6.07, 6.45) is 2.17. The molecule has 0 saturated carbocycles. The van der Waals surface area contributed by atoms with E-state index in [0.29, 0.717) is 29.2 Å². The number of furan rings is 1. The third kappa shape index (κ3) is 4.06. The number of nitrogens with one attached hydrogen (secondary N) is 1. The molecule has 0 saturated heterocycles. The van der Waals surface area contributed by atoms with Crippen molar-refractivity contribution in [2.75, 3.05) is 11.9 Å². The van der Waals surface area contributed by atoms with Crippen molar-refractivity contribution in [3.63, 3.8) is 0 Å². The Balaban J connectivity index is 2.07. The summed E-state index contributed by atoms with van der Waals surface area (Å²) in [7, 11) is 0. The molecular formula is C15H16N2O3S. The summed E-state index contributed by atoms with van der Waals surface area (Å²) in [5, 5.41) is 2.80. The summed E-state index contributed by atoms with van der Waals surface area (Å²) in [5.41, 5.74) is 6.54. The number of benzene rings is 1. The van der Waals surface area contributed by atoms with Gasteiger partial charge in [0.1, 0.15) is 23.1 Å². The average molecular weight is 304 g/mol. The van der Waals surface area contributed by atoms with Gasteiger partial charge in [0, 0.05) is 18.2 Å². The Bertz CT molecular complexity index is 652. The SMILES string of the molecule is CCc1occc1C(=O)Nc1cccc(OCC(N)=S)c1. The van der Waals surface area contributed by atoms with E-state index in [2.05, 4.69) is 5.32 Å². The highest BCUT2D eigenvalue weighted by Crippen LogP contribution is 2.19. The van der Waals surface area contributed by atoms with Crippen molar-refractivity contribution in [3.05, 3.63) is 47.9 Å². The molecule has 1 aromatic heterocycles. The molecule has 3 N–H and O–H groups in total. The van der Waals surface area contributed by atoms with E-state index in [-0.39, 0.29) is 17.5 Å². The monoisotopic (exact) mass is 304 g/mol. The zero-order valence-corrected chi connectivity index (χ0v) is 12.4. The summed E-state index contributed by atoms with van der Waals surface area (Å²) < 4.78 is 10.6. The molecule has 0 aliphatic heterocycles. The number of thiocarbonyl (C=S) groups is 1. The zero-order chi connectivity index (χ0) is 15.2. The van der Waals surface area contributed by atoms with Crippen LogP contribution in [0.5, 0.6) is 5.75 Å². The van der Waals surface area contributed by atoms with Crippen LogP contribution in [0.2, 0.25) is 0 Å². The number of aryl methyl sites for hydroxylation is 1. The fourth-order valence-corrected chi connectivity index (χ4v) is 1.89. The van der Waals surface area contributed by atoms with E-state index in [1.54, 1.807) is 30.3 Å². The predicted octanol–water partition coefficient (Wildman–Crippen LogP) is 2.76. The fraction of sp³-hybridized carbons (Fsp3) is 0.200. The molecule has 0 bridgehead atoms. The van der Waals surface area contributed by atoms with Crippen LogP contribution in [0.25, 0.3) is 0 Å². The molecule has 110 valence electrons. The number of carbonyl (C=O) groups excluding carboxylic acids is 1. The smallest absolute Gasteiger partial charge is 0.259 e. The van der Waals surface area contributed by atoms with Gasteiger partial charge in [-0.15, -0.1) is 0 Å². The van der Waals surface area contributed by atoms with Crippen molar-refractivity contribution in [3.8, 4) is 5.75 Å². The Hall–Kier alpha value is -2.34. The average Bonchev–Trinajstić information content (AvgIpc) is 2.94. The maximum Gasteiger partial charge on any atom is 0.259 e. The van der Waals surface area contributed by atoms with E-state index in [0.717, 1.165) is 0 Å². The molecule has 0 fully saturated rings. The van der Waals surface area contributed by atoms with Gasteiger partial charge in [-0.2, -0.15) is 0 Å². The van der Waals surface area contributed by atoms with Gasteiger partial charge in [0.05, 0.1) is 11.8 Å². The standard InChI is InChI=1S/C15H16N2O3S/c1-2-13-12(6-7-19-13)15(18)17-10-4-3-5-11(8-10)20-9-14(16)21/h3-8H,2,9H2,1H3,(H2,16,21)(H,17,18). The largest absolute Gasteiger partial charge is 0.486 e. The minimum atomic E-state index is -0.216. The molecule has 1 heterocycles. The van der Waals surface area contributed by atoms with Gasteiger partial charge in [0.2, 0.25) is 0 Å². The molecule has 2 rings (SSSR count). The van der Waals surface area contributed by atoms with Crippen molar-refractivity contribution in [1.29, 1.82) is 0 Å². The second-order valence-electron chi connectivity index (χ2n) is 4.35. The van der Waals surface area contributed by atoms with Gasteiger partial charge in [-0.1, -0.05) is 25.2 Å². The lowest BCUT2D eigenvalue weighted by molar-refractivity contribution is 0.102. The maximum atomic E-state index is 12.2. The van der Waals surface area contributed by atoms with Crippen LogP contribution in [0, 0.1) is 0 Å². The highest BCUT2D eigenvalue weighted by Gasteiger charge is 2.13. The molecular weight excluding hydrogens is 288 g/mol. The molecule has 5 nitrogen and oxygen atoms in total. The van der Waals surface area contributed by atoms with Crippen molar-refractivity contribution in [1.82, 2.24) is 0 Å². The summed E-state index contributed by atoms with van der Waals surface area (Å²) in [5.74, 6) is 1.03. The lowest BCUT2D eigenvalue weighted by Gasteiger charge is -2.08. The number of ether oxygens (including phenoxy) is 1. The van der Waals surface area contributed by atoms with Crippen molar-refractivity contribution < 1.29 is 13.9 Å². The quantitative estimate of drug-likeness (QED) is 0.802. The first-order valence-corrected chi connectivity index (χ1v) is 6.90. The highest BCUT2D eigenvalue weighted by atomic mass is 32.1. The molecule has 0 unspecified atom stereocenters. The van der Waals surface area contributed by atoms with E-state index in [1.165, 1.54) is 6.26 Å². The predicted molar refractivity (Wildman–Crippen MR) is 84.8 cm³/mol. The van der Waals surface area contributed by atoms with E-state index in [1.807, 2.05) is 6.92 Å². The first-order chi connectivity index (χ1) is 10.1. The Morgan fingerprint density at radius 3 is 2.95 bits per heavy atom. The van der Waals surface area contributed by atoms with Crippen molar-refractivity contribution in [2.24, 2.45) is 5.73 Å². The van der Waals surface area contributed by atoms with Crippen LogP contribution in [-0.4, -0.2) is 17.5 Å². The van der Waals surface area contributed by atoms with E-state index < -0.39 is 0 Å². The van der Waals surface area contributed by atoms with Crippen LogP contribution in [0.1, 0.15) is 23.0 Å². The van der Waals surface area contributed by atoms with Gasteiger partial charge in [-0.3, -0.25) is 4.79 Å². The number of hydrogen-bond donors (Lipinski definition) is 2. The number of amides is 1. The summed E-state index contributed by atoms with van der Waals surface area (Å²) in [4.78, 5) is 12.5. The minimum Gasteiger partial charge on any atom is -0.486 e. The van der Waals surface area contributed by atoms with Gasteiger partial charge in [-0.05, 0) is 18.2 Å². The summed E-state index contributed by atoms with van der Waals surface area (Å²) in [6, 6.07) is 8.68. The van der Waals surface area contributed by atoms with Crippen LogP contribution in [0.3, 0.4) is 0 Å². The van der Waals surface area contributed by atoms with Crippen LogP contribution in [0.4, 0.5) is 5.69 Å². The number of anilines is 1. The van der Waals surface area contributed by atoms with Crippen LogP contribution in [0.15, 0.2) is 41.0 Å². The third-order valence-electron chi connectivity index (χ3n) is 2.78. The molecule has 21 heavy (non-hydrogen) atoms. The molecule has 6 heteroatoms. The molecule has 0 aliphatic carbocycles. The number of hydrogen-bond acceptors (Lipinski definition) is 4. The summed E-state index contributed by atoms with van der Waals surface area (Å²) in [6.45, 7) is 2.09. The third-order valence-corrected chi connectivity index (χ3v) is 2.90. The normalized spacial score (nSPS) is 10.1. The number of nitrogens with two attached hydrogens (primary N) is 1. The van der Waals surface area contributed by atoms with Gasteiger partial charge in [0.25, 0.3) is 5.91 Å². The van der Waals surface area contributed by atoms with Gasteiger partial charge in [-0.25, -0.2) is 0 Å². The molecule has 1 amide bonds. The van der Waals surface area contributed by atoms with Crippen molar-refractivity contribution in [2.45, 2.75) is 13.3 Å². The van der Waals surface area contributed by atoms with Gasteiger partial charge in [0.15, 0.2) is 0 Å². The van der Waals surface area contributed by atoms with E-state index in [9.17, 15) is 4.79 Å². The molecule has 1 aromatic carbocycles. The van der Waals surface area contributed by atoms with Gasteiger partial charge >= 0.3 is 0 Å².